The third-order valence-corrected chi connectivity index (χ3v) is 4.49. The molecule has 1 fully saturated rings. The van der Waals surface area contributed by atoms with Crippen LogP contribution in [0.2, 0.25) is 0 Å². The van der Waals surface area contributed by atoms with E-state index in [9.17, 15) is 4.79 Å². The smallest absolute Gasteiger partial charge is 0.319 e. The number of piperidine rings is 1. The van der Waals surface area contributed by atoms with Crippen molar-refractivity contribution in [2.45, 2.75) is 39.2 Å². The molecular weight excluding hydrogens is 316 g/mol. The van der Waals surface area contributed by atoms with E-state index >= 15 is 0 Å². The number of hydrogen-bond acceptors (Lipinski definition) is 5. The standard InChI is InChI=1S/C18H24N6O/c1-3-14-10-17(21-12-20-14)24-8-5-15(6-9-24)22-18(25)23-16-4-7-19-11-13(16)2/h4,7,10-12,15H,3,5-6,8-9H2,1-2H3,(H2,19,22,23,25). The van der Waals surface area contributed by atoms with Gasteiger partial charge in [-0.3, -0.25) is 4.98 Å². The summed E-state index contributed by atoms with van der Waals surface area (Å²) in [5, 5.41) is 5.95. The molecule has 2 N–H and O–H groups in total. The van der Waals surface area contributed by atoms with Crippen molar-refractivity contribution in [2.75, 3.05) is 23.3 Å². The van der Waals surface area contributed by atoms with Gasteiger partial charge < -0.3 is 15.5 Å². The zero-order valence-corrected chi connectivity index (χ0v) is 14.7. The Morgan fingerprint density at radius 3 is 2.84 bits per heavy atom. The summed E-state index contributed by atoms with van der Waals surface area (Å²) in [5.74, 6) is 0.974. The van der Waals surface area contributed by atoms with Gasteiger partial charge in [0.1, 0.15) is 12.1 Å². The van der Waals surface area contributed by atoms with Gasteiger partial charge in [0.15, 0.2) is 0 Å². The first kappa shape index (κ1) is 17.1. The lowest BCUT2D eigenvalue weighted by Crippen LogP contribution is -2.46. The number of carbonyl (C=O) groups is 1. The fraction of sp³-hybridized carbons (Fsp3) is 0.444. The molecule has 2 aromatic heterocycles. The fourth-order valence-electron chi connectivity index (χ4n) is 2.96. The van der Waals surface area contributed by atoms with Crippen LogP contribution in [0.25, 0.3) is 0 Å². The number of aromatic nitrogens is 3. The highest BCUT2D eigenvalue weighted by atomic mass is 16.2. The van der Waals surface area contributed by atoms with Crippen molar-refractivity contribution in [3.8, 4) is 0 Å². The first-order chi connectivity index (χ1) is 12.2. The van der Waals surface area contributed by atoms with Crippen LogP contribution in [0, 0.1) is 6.92 Å². The van der Waals surface area contributed by atoms with E-state index in [1.54, 1.807) is 24.8 Å². The maximum Gasteiger partial charge on any atom is 0.319 e. The summed E-state index contributed by atoms with van der Waals surface area (Å²) in [6.45, 7) is 5.76. The van der Waals surface area contributed by atoms with Gasteiger partial charge in [0, 0.05) is 49.0 Å². The van der Waals surface area contributed by atoms with Crippen molar-refractivity contribution in [3.05, 3.63) is 42.1 Å². The zero-order valence-electron chi connectivity index (χ0n) is 14.7. The number of pyridine rings is 1. The Hall–Kier alpha value is -2.70. The van der Waals surface area contributed by atoms with E-state index in [1.165, 1.54) is 0 Å². The molecule has 0 spiro atoms. The molecule has 2 aromatic rings. The quantitative estimate of drug-likeness (QED) is 0.894. The monoisotopic (exact) mass is 340 g/mol. The Morgan fingerprint density at radius 2 is 2.12 bits per heavy atom. The predicted molar refractivity (Wildman–Crippen MR) is 97.8 cm³/mol. The number of nitrogens with one attached hydrogen (secondary N) is 2. The third-order valence-electron chi connectivity index (χ3n) is 4.49. The molecule has 0 saturated carbocycles. The number of anilines is 2. The minimum Gasteiger partial charge on any atom is -0.356 e. The van der Waals surface area contributed by atoms with Crippen molar-refractivity contribution in [1.82, 2.24) is 20.3 Å². The summed E-state index contributed by atoms with van der Waals surface area (Å²) >= 11 is 0. The van der Waals surface area contributed by atoms with E-state index in [1.807, 2.05) is 13.0 Å². The Bertz CT molecular complexity index is 727. The normalized spacial score (nSPS) is 15.0. The molecule has 1 aliphatic rings. The number of carbonyl (C=O) groups excluding carboxylic acids is 1. The molecule has 25 heavy (non-hydrogen) atoms. The summed E-state index contributed by atoms with van der Waals surface area (Å²) in [6.07, 6.45) is 7.74. The SMILES string of the molecule is CCc1cc(N2CCC(NC(=O)Nc3ccncc3C)CC2)ncn1. The van der Waals surface area contributed by atoms with Gasteiger partial charge in [-0.05, 0) is 37.8 Å². The number of nitrogens with zero attached hydrogens (tertiary/aromatic N) is 4. The summed E-state index contributed by atoms with van der Waals surface area (Å²) in [6, 6.07) is 3.86. The number of aryl methyl sites for hydroxylation is 2. The summed E-state index contributed by atoms with van der Waals surface area (Å²) in [5.41, 5.74) is 2.79. The predicted octanol–water partition coefficient (Wildman–Crippen LogP) is 2.53. The Kier molecular flexibility index (Phi) is 5.42. The van der Waals surface area contributed by atoms with Crippen molar-refractivity contribution >= 4 is 17.5 Å². The molecule has 2 amide bonds. The van der Waals surface area contributed by atoms with Gasteiger partial charge in [0.05, 0.1) is 0 Å². The summed E-state index contributed by atoms with van der Waals surface area (Å²) in [4.78, 5) is 27.1. The van der Waals surface area contributed by atoms with Gasteiger partial charge >= 0.3 is 6.03 Å². The van der Waals surface area contributed by atoms with Crippen molar-refractivity contribution < 1.29 is 4.79 Å². The molecule has 0 aromatic carbocycles. The lowest BCUT2D eigenvalue weighted by Gasteiger charge is -2.33. The molecule has 7 heteroatoms. The van der Waals surface area contributed by atoms with E-state index in [0.717, 1.165) is 55.1 Å². The molecule has 0 aliphatic carbocycles. The van der Waals surface area contributed by atoms with Crippen molar-refractivity contribution in [3.63, 3.8) is 0 Å². The van der Waals surface area contributed by atoms with Crippen LogP contribution in [-0.2, 0) is 6.42 Å². The fourth-order valence-corrected chi connectivity index (χ4v) is 2.96. The van der Waals surface area contributed by atoms with E-state index in [4.69, 9.17) is 0 Å². The van der Waals surface area contributed by atoms with E-state index < -0.39 is 0 Å². The molecule has 7 nitrogen and oxygen atoms in total. The number of hydrogen-bond donors (Lipinski definition) is 2. The highest BCUT2D eigenvalue weighted by Crippen LogP contribution is 2.18. The van der Waals surface area contributed by atoms with Crippen LogP contribution < -0.4 is 15.5 Å². The Balaban J connectivity index is 1.50. The van der Waals surface area contributed by atoms with E-state index in [0.29, 0.717) is 0 Å². The highest BCUT2D eigenvalue weighted by molar-refractivity contribution is 5.90. The zero-order chi connectivity index (χ0) is 17.6. The topological polar surface area (TPSA) is 83.0 Å². The molecule has 0 radical (unpaired) electrons. The molecule has 0 unspecified atom stereocenters. The van der Waals surface area contributed by atoms with Crippen LogP contribution in [0.4, 0.5) is 16.3 Å². The Labute approximate surface area is 147 Å². The lowest BCUT2D eigenvalue weighted by molar-refractivity contribution is 0.246. The second kappa shape index (κ2) is 7.92. The van der Waals surface area contributed by atoms with Gasteiger partial charge in [-0.1, -0.05) is 6.92 Å². The number of amides is 2. The molecule has 0 bridgehead atoms. The number of rotatable bonds is 4. The van der Waals surface area contributed by atoms with E-state index in [2.05, 4.69) is 37.4 Å². The second-order valence-corrected chi connectivity index (χ2v) is 6.27. The van der Waals surface area contributed by atoms with Gasteiger partial charge in [0.25, 0.3) is 0 Å². The minimum atomic E-state index is -0.164. The summed E-state index contributed by atoms with van der Waals surface area (Å²) < 4.78 is 0. The van der Waals surface area contributed by atoms with Crippen LogP contribution in [-0.4, -0.2) is 40.1 Å². The largest absolute Gasteiger partial charge is 0.356 e. The average molecular weight is 340 g/mol. The molecule has 1 saturated heterocycles. The third kappa shape index (κ3) is 4.43. The van der Waals surface area contributed by atoms with Crippen LogP contribution in [0.15, 0.2) is 30.9 Å². The maximum atomic E-state index is 12.2. The molecule has 0 atom stereocenters. The van der Waals surface area contributed by atoms with Crippen LogP contribution in [0.1, 0.15) is 31.0 Å². The second-order valence-electron chi connectivity index (χ2n) is 6.27. The van der Waals surface area contributed by atoms with Crippen LogP contribution in [0.5, 0.6) is 0 Å². The van der Waals surface area contributed by atoms with Crippen molar-refractivity contribution in [2.24, 2.45) is 0 Å². The first-order valence-electron chi connectivity index (χ1n) is 8.69. The van der Waals surface area contributed by atoms with Gasteiger partial charge in [-0.25, -0.2) is 14.8 Å². The Morgan fingerprint density at radius 1 is 1.32 bits per heavy atom. The summed E-state index contributed by atoms with van der Waals surface area (Å²) in [7, 11) is 0. The van der Waals surface area contributed by atoms with Crippen LogP contribution in [0.3, 0.4) is 0 Å². The van der Waals surface area contributed by atoms with Gasteiger partial charge in [0.2, 0.25) is 0 Å². The molecule has 3 rings (SSSR count). The first-order valence-corrected chi connectivity index (χ1v) is 8.69. The van der Waals surface area contributed by atoms with Crippen LogP contribution >= 0.6 is 0 Å². The molecule has 3 heterocycles. The molecule has 1 aliphatic heterocycles. The maximum absolute atomic E-state index is 12.2. The number of urea groups is 1. The van der Waals surface area contributed by atoms with E-state index in [-0.39, 0.29) is 12.1 Å². The highest BCUT2D eigenvalue weighted by Gasteiger charge is 2.22. The average Bonchev–Trinajstić information content (AvgIpc) is 2.64. The molecular formula is C18H24N6O. The van der Waals surface area contributed by atoms with Crippen molar-refractivity contribution in [1.29, 1.82) is 0 Å². The molecule has 132 valence electrons. The van der Waals surface area contributed by atoms with Gasteiger partial charge in [-0.15, -0.1) is 0 Å². The lowest BCUT2D eigenvalue weighted by atomic mass is 10.1. The van der Waals surface area contributed by atoms with Gasteiger partial charge in [-0.2, -0.15) is 0 Å². The minimum absolute atomic E-state index is 0.164.